The zero-order chi connectivity index (χ0) is 26.6. The molecule has 0 saturated heterocycles. The molecule has 198 valence electrons. The maximum Gasteiger partial charge on any atom is 0.254 e. The van der Waals surface area contributed by atoms with Crippen LogP contribution in [0.1, 0.15) is 52.4 Å². The van der Waals surface area contributed by atoms with Crippen LogP contribution in [0, 0.1) is 0 Å². The summed E-state index contributed by atoms with van der Waals surface area (Å²) >= 11 is 0. The molecule has 2 aliphatic rings. The van der Waals surface area contributed by atoms with Crippen LogP contribution in [0.25, 0.3) is 0 Å². The highest BCUT2D eigenvalue weighted by Crippen LogP contribution is 2.48. The Morgan fingerprint density at radius 1 is 1.00 bits per heavy atom. The summed E-state index contributed by atoms with van der Waals surface area (Å²) in [5, 5.41) is 3.19. The molecule has 0 spiro atoms. The van der Waals surface area contributed by atoms with Crippen molar-refractivity contribution in [2.75, 3.05) is 45.3 Å². The summed E-state index contributed by atoms with van der Waals surface area (Å²) in [4.78, 5) is 31.8. The molecule has 7 heteroatoms. The molecule has 0 aromatic heterocycles. The SMILES string of the molecule is CCN(CCCNC(=O)[C@@H]1c2cc(OC)c(OC)cc2C(=O)N2CCc3ccccc3[C@@H]12)c1ccccc1. The van der Waals surface area contributed by atoms with E-state index in [1.54, 1.807) is 26.4 Å². The van der Waals surface area contributed by atoms with Gasteiger partial charge in [-0.25, -0.2) is 0 Å². The van der Waals surface area contributed by atoms with Crippen molar-refractivity contribution in [1.29, 1.82) is 0 Å². The fraction of sp³-hybridized carbons (Fsp3) is 0.355. The second-order valence-corrected chi connectivity index (χ2v) is 9.72. The van der Waals surface area contributed by atoms with E-state index in [0.29, 0.717) is 35.7 Å². The molecule has 0 saturated carbocycles. The van der Waals surface area contributed by atoms with Gasteiger partial charge in [-0.2, -0.15) is 0 Å². The number of para-hydroxylation sites is 1. The molecular formula is C31H35N3O4. The van der Waals surface area contributed by atoms with E-state index in [1.165, 1.54) is 11.3 Å². The summed E-state index contributed by atoms with van der Waals surface area (Å²) in [5.74, 6) is 0.276. The van der Waals surface area contributed by atoms with Gasteiger partial charge in [-0.15, -0.1) is 0 Å². The lowest BCUT2D eigenvalue weighted by molar-refractivity contribution is -0.124. The molecule has 0 aliphatic carbocycles. The van der Waals surface area contributed by atoms with Crippen LogP contribution in [0.2, 0.25) is 0 Å². The van der Waals surface area contributed by atoms with Gasteiger partial charge in [0.25, 0.3) is 5.91 Å². The second-order valence-electron chi connectivity index (χ2n) is 9.72. The predicted octanol–water partition coefficient (Wildman–Crippen LogP) is 4.57. The molecule has 7 nitrogen and oxygen atoms in total. The number of nitrogens with one attached hydrogen (secondary N) is 1. The topological polar surface area (TPSA) is 71.1 Å². The largest absolute Gasteiger partial charge is 0.493 e. The van der Waals surface area contributed by atoms with Gasteiger partial charge in [0.15, 0.2) is 11.5 Å². The van der Waals surface area contributed by atoms with Crippen LogP contribution < -0.4 is 19.7 Å². The van der Waals surface area contributed by atoms with Crippen molar-refractivity contribution in [2.45, 2.75) is 31.7 Å². The van der Waals surface area contributed by atoms with E-state index in [4.69, 9.17) is 9.47 Å². The zero-order valence-corrected chi connectivity index (χ0v) is 22.3. The Morgan fingerprint density at radius 3 is 2.45 bits per heavy atom. The first kappa shape index (κ1) is 25.6. The van der Waals surface area contributed by atoms with Crippen LogP contribution in [-0.2, 0) is 11.2 Å². The van der Waals surface area contributed by atoms with Crippen LogP contribution in [-0.4, -0.2) is 57.1 Å². The molecule has 2 atom stereocenters. The van der Waals surface area contributed by atoms with Gasteiger partial charge in [-0.1, -0.05) is 42.5 Å². The number of carbonyl (C=O) groups is 2. The van der Waals surface area contributed by atoms with Crippen LogP contribution in [0.3, 0.4) is 0 Å². The summed E-state index contributed by atoms with van der Waals surface area (Å²) in [6, 6.07) is 21.6. The predicted molar refractivity (Wildman–Crippen MR) is 148 cm³/mol. The average molecular weight is 514 g/mol. The molecule has 0 bridgehead atoms. The minimum atomic E-state index is -0.555. The van der Waals surface area contributed by atoms with Crippen molar-refractivity contribution in [3.8, 4) is 11.5 Å². The molecule has 1 N–H and O–H groups in total. The van der Waals surface area contributed by atoms with E-state index in [2.05, 4.69) is 35.3 Å². The zero-order valence-electron chi connectivity index (χ0n) is 22.3. The van der Waals surface area contributed by atoms with E-state index < -0.39 is 5.92 Å². The fourth-order valence-electron chi connectivity index (χ4n) is 5.83. The van der Waals surface area contributed by atoms with Gasteiger partial charge >= 0.3 is 0 Å². The number of hydrogen-bond acceptors (Lipinski definition) is 5. The van der Waals surface area contributed by atoms with Gasteiger partial charge in [0.05, 0.1) is 26.2 Å². The molecule has 2 heterocycles. The number of nitrogens with zero attached hydrogens (tertiary/aromatic N) is 2. The highest BCUT2D eigenvalue weighted by molar-refractivity contribution is 6.02. The standard InChI is InChI=1S/C31H35N3O4/c1-4-33(22-12-6-5-7-13-22)17-10-16-32-30(35)28-24-19-26(37-2)27(38-3)20-25(24)31(36)34-18-15-21-11-8-9-14-23(21)29(28)34/h5-9,11-14,19-20,28-29H,4,10,15-18H2,1-3H3,(H,32,35)/t28-,29+/m1/s1. The Morgan fingerprint density at radius 2 is 1.71 bits per heavy atom. The Balaban J connectivity index is 1.43. The lowest BCUT2D eigenvalue weighted by atomic mass is 9.75. The summed E-state index contributed by atoms with van der Waals surface area (Å²) in [7, 11) is 3.12. The van der Waals surface area contributed by atoms with Crippen molar-refractivity contribution in [1.82, 2.24) is 10.2 Å². The molecule has 0 fully saturated rings. The molecule has 0 unspecified atom stereocenters. The smallest absolute Gasteiger partial charge is 0.254 e. The monoisotopic (exact) mass is 513 g/mol. The third-order valence-electron chi connectivity index (χ3n) is 7.72. The normalized spacial score (nSPS) is 17.7. The maximum atomic E-state index is 13.9. The van der Waals surface area contributed by atoms with E-state index in [1.807, 2.05) is 41.3 Å². The summed E-state index contributed by atoms with van der Waals surface area (Å²) < 4.78 is 11.0. The highest BCUT2D eigenvalue weighted by Gasteiger charge is 2.46. The first-order valence-corrected chi connectivity index (χ1v) is 13.3. The number of anilines is 1. The van der Waals surface area contributed by atoms with Crippen molar-refractivity contribution in [3.05, 3.63) is 89.0 Å². The van der Waals surface area contributed by atoms with Crippen molar-refractivity contribution in [2.24, 2.45) is 0 Å². The first-order chi connectivity index (χ1) is 18.6. The molecular weight excluding hydrogens is 478 g/mol. The third-order valence-corrected chi connectivity index (χ3v) is 7.72. The van der Waals surface area contributed by atoms with Gasteiger partial charge in [0.2, 0.25) is 5.91 Å². The molecule has 3 aromatic carbocycles. The number of hydrogen-bond donors (Lipinski definition) is 1. The third kappa shape index (κ3) is 4.69. The summed E-state index contributed by atoms with van der Waals surface area (Å²) in [6.07, 6.45) is 1.57. The fourth-order valence-corrected chi connectivity index (χ4v) is 5.83. The first-order valence-electron chi connectivity index (χ1n) is 13.3. The van der Waals surface area contributed by atoms with Gasteiger partial charge in [0, 0.05) is 37.4 Å². The van der Waals surface area contributed by atoms with Gasteiger partial charge in [-0.3, -0.25) is 9.59 Å². The average Bonchev–Trinajstić information content (AvgIpc) is 2.97. The number of amides is 2. The van der Waals surface area contributed by atoms with Crippen LogP contribution in [0.15, 0.2) is 66.7 Å². The lowest BCUT2D eigenvalue weighted by Crippen LogP contribution is -2.50. The number of benzene rings is 3. The van der Waals surface area contributed by atoms with E-state index in [0.717, 1.165) is 31.5 Å². The molecule has 2 amide bonds. The molecule has 38 heavy (non-hydrogen) atoms. The number of methoxy groups -OCH3 is 2. The van der Waals surface area contributed by atoms with Crippen molar-refractivity contribution in [3.63, 3.8) is 0 Å². The molecule has 0 radical (unpaired) electrons. The number of fused-ring (bicyclic) bond motifs is 4. The quantitative estimate of drug-likeness (QED) is 0.425. The van der Waals surface area contributed by atoms with E-state index in [-0.39, 0.29) is 17.9 Å². The Bertz CT molecular complexity index is 1310. The van der Waals surface area contributed by atoms with Crippen LogP contribution >= 0.6 is 0 Å². The Hall–Kier alpha value is -4.00. The Labute approximate surface area is 224 Å². The van der Waals surface area contributed by atoms with Crippen LogP contribution in [0.5, 0.6) is 11.5 Å². The summed E-state index contributed by atoms with van der Waals surface area (Å²) in [5.41, 5.74) is 4.58. The summed E-state index contributed by atoms with van der Waals surface area (Å²) in [6.45, 7) is 4.98. The lowest BCUT2D eigenvalue weighted by Gasteiger charge is -2.45. The van der Waals surface area contributed by atoms with E-state index >= 15 is 0 Å². The molecule has 5 rings (SSSR count). The number of rotatable bonds is 9. The number of ether oxygens (including phenoxy) is 2. The molecule has 2 aliphatic heterocycles. The van der Waals surface area contributed by atoms with Gasteiger partial charge in [0.1, 0.15) is 0 Å². The minimum Gasteiger partial charge on any atom is -0.493 e. The van der Waals surface area contributed by atoms with Crippen molar-refractivity contribution >= 4 is 17.5 Å². The van der Waals surface area contributed by atoms with Crippen LogP contribution in [0.4, 0.5) is 5.69 Å². The minimum absolute atomic E-state index is 0.0778. The maximum absolute atomic E-state index is 13.9. The second kappa shape index (κ2) is 11.2. The molecule has 3 aromatic rings. The van der Waals surface area contributed by atoms with Gasteiger partial charge in [-0.05, 0) is 60.7 Å². The highest BCUT2D eigenvalue weighted by atomic mass is 16.5. The van der Waals surface area contributed by atoms with Crippen molar-refractivity contribution < 1.29 is 19.1 Å². The Kier molecular flexibility index (Phi) is 7.54. The van der Waals surface area contributed by atoms with E-state index in [9.17, 15) is 9.59 Å². The van der Waals surface area contributed by atoms with Gasteiger partial charge < -0.3 is 24.6 Å². The number of carbonyl (C=O) groups excluding carboxylic acids is 2.